The van der Waals surface area contributed by atoms with E-state index in [1.165, 1.54) is 51.4 Å². The summed E-state index contributed by atoms with van der Waals surface area (Å²) >= 11 is 0. The predicted octanol–water partition coefficient (Wildman–Crippen LogP) is 5.86. The van der Waals surface area contributed by atoms with E-state index in [9.17, 15) is 0 Å². The van der Waals surface area contributed by atoms with E-state index in [0.29, 0.717) is 10.6 Å². The molecule has 0 N–H and O–H groups in total. The molecule has 0 aromatic carbocycles. The molecular formula is C16H32B. The minimum atomic E-state index is 0.495. The van der Waals surface area contributed by atoms with Crippen molar-refractivity contribution in [3.63, 3.8) is 0 Å². The van der Waals surface area contributed by atoms with Crippen LogP contribution in [0.3, 0.4) is 0 Å². The largest absolute Gasteiger partial charge is 0.126 e. The number of hydrogen-bond donors (Lipinski definition) is 0. The quantitative estimate of drug-likeness (QED) is 0.523. The lowest BCUT2D eigenvalue weighted by Crippen LogP contribution is -2.34. The topological polar surface area (TPSA) is 0 Å². The third kappa shape index (κ3) is 3.29. The van der Waals surface area contributed by atoms with Gasteiger partial charge in [0.2, 0.25) is 0 Å². The van der Waals surface area contributed by atoms with Crippen LogP contribution in [-0.2, 0) is 0 Å². The normalized spacial score (nSPS) is 34.5. The summed E-state index contributed by atoms with van der Waals surface area (Å²) in [6.45, 7) is 12.0. The zero-order valence-corrected chi connectivity index (χ0v) is 12.8. The van der Waals surface area contributed by atoms with Gasteiger partial charge in [0.05, 0.1) is 0 Å². The Labute approximate surface area is 110 Å². The van der Waals surface area contributed by atoms with Gasteiger partial charge >= 0.3 is 0 Å². The lowest BCUT2D eigenvalue weighted by molar-refractivity contribution is 0.298. The summed E-state index contributed by atoms with van der Waals surface area (Å²) in [5.74, 6) is 0.900. The van der Waals surface area contributed by atoms with Crippen LogP contribution >= 0.6 is 0 Å². The summed E-state index contributed by atoms with van der Waals surface area (Å²) in [6.07, 6.45) is 11.1. The lowest BCUT2D eigenvalue weighted by Gasteiger charge is -2.43. The van der Waals surface area contributed by atoms with Crippen LogP contribution in [0.5, 0.6) is 0 Å². The standard InChI is InChI=1S/C16H32B/c1-6-14(7-2)16(9-4)13-11-10-12-15(5,8-3)17-16/h14H,6-13H2,1-5H3. The van der Waals surface area contributed by atoms with Crippen LogP contribution in [0.4, 0.5) is 0 Å². The predicted molar refractivity (Wildman–Crippen MR) is 79.9 cm³/mol. The van der Waals surface area contributed by atoms with Crippen molar-refractivity contribution in [3.8, 4) is 0 Å². The molecule has 2 unspecified atom stereocenters. The highest BCUT2D eigenvalue weighted by Crippen LogP contribution is 2.55. The van der Waals surface area contributed by atoms with Gasteiger partial charge < -0.3 is 0 Å². The first-order valence-electron chi connectivity index (χ1n) is 7.93. The van der Waals surface area contributed by atoms with E-state index < -0.39 is 0 Å². The summed E-state index contributed by atoms with van der Waals surface area (Å²) in [5.41, 5.74) is 0. The first kappa shape index (κ1) is 15.1. The van der Waals surface area contributed by atoms with Gasteiger partial charge in [-0.25, -0.2) is 0 Å². The minimum absolute atomic E-state index is 0.495. The molecule has 1 fully saturated rings. The second-order valence-corrected chi connectivity index (χ2v) is 6.46. The molecule has 0 spiro atoms. The van der Waals surface area contributed by atoms with Crippen molar-refractivity contribution >= 4 is 7.28 Å². The minimum Gasteiger partial charge on any atom is -0.0669 e. The third-order valence-corrected chi connectivity index (χ3v) is 5.54. The summed E-state index contributed by atoms with van der Waals surface area (Å²) in [7, 11) is 2.80. The Kier molecular flexibility index (Phi) is 5.60. The van der Waals surface area contributed by atoms with E-state index in [-0.39, 0.29) is 0 Å². The zero-order chi connectivity index (χ0) is 12.9. The van der Waals surface area contributed by atoms with E-state index in [0.717, 1.165) is 5.92 Å². The first-order chi connectivity index (χ1) is 8.05. The third-order valence-electron chi connectivity index (χ3n) is 5.54. The molecule has 2 atom stereocenters. The van der Waals surface area contributed by atoms with Gasteiger partial charge in [-0.2, -0.15) is 0 Å². The van der Waals surface area contributed by atoms with E-state index in [1.807, 2.05) is 0 Å². The number of hydrogen-bond acceptors (Lipinski definition) is 0. The first-order valence-corrected chi connectivity index (χ1v) is 7.93. The maximum absolute atomic E-state index is 2.80. The second kappa shape index (κ2) is 6.30. The molecule has 1 saturated heterocycles. The molecule has 1 radical (unpaired) electrons. The Morgan fingerprint density at radius 1 is 0.941 bits per heavy atom. The van der Waals surface area contributed by atoms with Gasteiger partial charge in [0.15, 0.2) is 0 Å². The molecule has 1 rings (SSSR count). The Morgan fingerprint density at radius 2 is 1.53 bits per heavy atom. The van der Waals surface area contributed by atoms with Crippen molar-refractivity contribution in [3.05, 3.63) is 0 Å². The monoisotopic (exact) mass is 235 g/mol. The van der Waals surface area contributed by atoms with Gasteiger partial charge in [0.1, 0.15) is 7.28 Å². The van der Waals surface area contributed by atoms with Crippen LogP contribution in [0, 0.1) is 5.92 Å². The fraction of sp³-hybridized carbons (Fsp3) is 1.00. The van der Waals surface area contributed by atoms with Crippen molar-refractivity contribution in [2.75, 3.05) is 0 Å². The average molecular weight is 235 g/mol. The zero-order valence-electron chi connectivity index (χ0n) is 12.8. The van der Waals surface area contributed by atoms with Crippen LogP contribution in [0.2, 0.25) is 10.6 Å². The van der Waals surface area contributed by atoms with Crippen LogP contribution in [0.15, 0.2) is 0 Å². The highest BCUT2D eigenvalue weighted by molar-refractivity contribution is 6.44. The van der Waals surface area contributed by atoms with Crippen molar-refractivity contribution in [2.45, 2.75) is 96.6 Å². The highest BCUT2D eigenvalue weighted by atomic mass is 14.4. The van der Waals surface area contributed by atoms with Gasteiger partial charge in [-0.1, -0.05) is 96.6 Å². The molecule has 1 aliphatic heterocycles. The molecule has 0 aliphatic carbocycles. The van der Waals surface area contributed by atoms with E-state index in [1.54, 1.807) is 0 Å². The molecule has 1 aliphatic rings. The van der Waals surface area contributed by atoms with Gasteiger partial charge in [0, 0.05) is 0 Å². The molecule has 0 saturated carbocycles. The Bertz CT molecular complexity index is 222. The molecule has 0 aromatic rings. The Morgan fingerprint density at radius 3 is 2.00 bits per heavy atom. The molecule has 0 bridgehead atoms. The van der Waals surface area contributed by atoms with Gasteiger partial charge in [-0.3, -0.25) is 0 Å². The molecular weight excluding hydrogens is 203 g/mol. The van der Waals surface area contributed by atoms with Crippen LogP contribution in [0.1, 0.15) is 86.0 Å². The van der Waals surface area contributed by atoms with Gasteiger partial charge in [-0.15, -0.1) is 0 Å². The molecule has 0 nitrogen and oxygen atoms in total. The van der Waals surface area contributed by atoms with E-state index in [2.05, 4.69) is 41.9 Å². The van der Waals surface area contributed by atoms with Crippen molar-refractivity contribution in [1.82, 2.24) is 0 Å². The SMILES string of the molecule is CCC(CC)C1(CC)[B]C(C)(CC)CCCC1. The van der Waals surface area contributed by atoms with E-state index >= 15 is 0 Å². The number of rotatable bonds is 5. The Hall–Kier alpha value is 0.0649. The van der Waals surface area contributed by atoms with E-state index in [4.69, 9.17) is 0 Å². The second-order valence-electron chi connectivity index (χ2n) is 6.46. The molecule has 1 heterocycles. The molecule has 0 amide bonds. The van der Waals surface area contributed by atoms with Crippen LogP contribution < -0.4 is 0 Å². The molecule has 17 heavy (non-hydrogen) atoms. The average Bonchev–Trinajstić information content (AvgIpc) is 2.52. The summed E-state index contributed by atoms with van der Waals surface area (Å²) in [5, 5.41) is 1.03. The Balaban J connectivity index is 2.95. The molecule has 1 heteroatoms. The smallest absolute Gasteiger partial charge is 0.0669 e. The van der Waals surface area contributed by atoms with Gasteiger partial charge in [0.25, 0.3) is 0 Å². The van der Waals surface area contributed by atoms with Gasteiger partial charge in [-0.05, 0) is 5.92 Å². The van der Waals surface area contributed by atoms with Crippen LogP contribution in [-0.4, -0.2) is 7.28 Å². The maximum Gasteiger partial charge on any atom is 0.126 e. The lowest BCUT2D eigenvalue weighted by atomic mass is 9.34. The van der Waals surface area contributed by atoms with Crippen molar-refractivity contribution < 1.29 is 0 Å². The maximum atomic E-state index is 2.80. The fourth-order valence-electron chi connectivity index (χ4n) is 4.09. The molecule has 99 valence electrons. The van der Waals surface area contributed by atoms with Crippen LogP contribution in [0.25, 0.3) is 0 Å². The molecule has 0 aromatic heterocycles. The van der Waals surface area contributed by atoms with Crippen molar-refractivity contribution in [2.24, 2.45) is 5.92 Å². The summed E-state index contributed by atoms with van der Waals surface area (Å²) in [4.78, 5) is 0. The summed E-state index contributed by atoms with van der Waals surface area (Å²) in [6, 6.07) is 0. The summed E-state index contributed by atoms with van der Waals surface area (Å²) < 4.78 is 0. The van der Waals surface area contributed by atoms with Crippen molar-refractivity contribution in [1.29, 1.82) is 0 Å². The highest BCUT2D eigenvalue weighted by Gasteiger charge is 2.42. The fourth-order valence-corrected chi connectivity index (χ4v) is 4.09.